The Bertz CT molecular complexity index is 574. The second-order valence-corrected chi connectivity index (χ2v) is 3.89. The van der Waals surface area contributed by atoms with Gasteiger partial charge in [0.15, 0.2) is 0 Å². The highest BCUT2D eigenvalue weighted by molar-refractivity contribution is 7.12. The van der Waals surface area contributed by atoms with Gasteiger partial charge in [0.05, 0.1) is 12.8 Å². The van der Waals surface area contributed by atoms with E-state index >= 15 is 0 Å². The molecule has 0 aromatic carbocycles. The van der Waals surface area contributed by atoms with E-state index in [-0.39, 0.29) is 10.7 Å². The van der Waals surface area contributed by atoms with Gasteiger partial charge in [0.25, 0.3) is 5.82 Å². The van der Waals surface area contributed by atoms with Gasteiger partial charge < -0.3 is 9.84 Å². The SMILES string of the molecule is COC(=O)c1ncn(-c2csc(C(=O)O)c2)n1. The van der Waals surface area contributed by atoms with Crippen molar-refractivity contribution in [3.63, 3.8) is 0 Å². The number of hydrogen-bond acceptors (Lipinski definition) is 6. The Morgan fingerprint density at radius 3 is 2.88 bits per heavy atom. The van der Waals surface area contributed by atoms with Crippen LogP contribution in [0.4, 0.5) is 0 Å². The minimum Gasteiger partial charge on any atom is -0.477 e. The number of hydrogen-bond donors (Lipinski definition) is 1. The number of aromatic carboxylic acids is 1. The zero-order valence-corrected chi connectivity index (χ0v) is 9.47. The van der Waals surface area contributed by atoms with Crippen LogP contribution in [-0.2, 0) is 4.74 Å². The van der Waals surface area contributed by atoms with E-state index < -0.39 is 11.9 Å². The minimum absolute atomic E-state index is 0.0735. The lowest BCUT2D eigenvalue weighted by Gasteiger charge is -1.93. The average molecular weight is 253 g/mol. The summed E-state index contributed by atoms with van der Waals surface area (Å²) in [6, 6.07) is 1.45. The number of ether oxygens (including phenoxy) is 1. The predicted octanol–water partition coefficient (Wildman–Crippen LogP) is 0.814. The third-order valence-electron chi connectivity index (χ3n) is 1.92. The molecule has 0 amide bonds. The number of rotatable bonds is 3. The molecule has 0 fully saturated rings. The van der Waals surface area contributed by atoms with Crippen molar-refractivity contribution in [2.24, 2.45) is 0 Å². The molecule has 17 heavy (non-hydrogen) atoms. The standard InChI is InChI=1S/C9H7N3O4S/c1-16-9(15)7-10-4-12(11-7)5-2-6(8(13)14)17-3-5/h2-4H,1H3,(H,13,14). The topological polar surface area (TPSA) is 94.3 Å². The monoisotopic (exact) mass is 253 g/mol. The van der Waals surface area contributed by atoms with Crippen LogP contribution in [-0.4, -0.2) is 38.9 Å². The van der Waals surface area contributed by atoms with Crippen LogP contribution in [0.1, 0.15) is 20.3 Å². The maximum Gasteiger partial charge on any atom is 0.377 e. The van der Waals surface area contributed by atoms with E-state index in [1.165, 1.54) is 24.2 Å². The van der Waals surface area contributed by atoms with Crippen LogP contribution in [0.3, 0.4) is 0 Å². The lowest BCUT2D eigenvalue weighted by Crippen LogP contribution is -2.04. The molecule has 88 valence electrons. The molecule has 0 saturated carbocycles. The number of carboxylic acid groups (broad SMARTS) is 1. The first-order chi connectivity index (χ1) is 8.11. The molecule has 0 atom stereocenters. The summed E-state index contributed by atoms with van der Waals surface area (Å²) >= 11 is 1.07. The molecule has 0 unspecified atom stereocenters. The van der Waals surface area contributed by atoms with Crippen molar-refractivity contribution in [3.8, 4) is 5.69 Å². The predicted molar refractivity (Wildman–Crippen MR) is 57.5 cm³/mol. The number of nitrogens with zero attached hydrogens (tertiary/aromatic N) is 3. The molecular formula is C9H7N3O4S. The zero-order chi connectivity index (χ0) is 12.4. The third kappa shape index (κ3) is 2.16. The molecule has 0 bridgehead atoms. The Labute approximate surface area is 99.3 Å². The van der Waals surface area contributed by atoms with Crippen molar-refractivity contribution in [1.29, 1.82) is 0 Å². The van der Waals surface area contributed by atoms with Gasteiger partial charge in [-0.05, 0) is 6.07 Å². The summed E-state index contributed by atoms with van der Waals surface area (Å²) in [4.78, 5) is 25.8. The van der Waals surface area contributed by atoms with Gasteiger partial charge in [-0.3, -0.25) is 0 Å². The Morgan fingerprint density at radius 1 is 1.53 bits per heavy atom. The highest BCUT2D eigenvalue weighted by atomic mass is 32.1. The molecule has 2 aromatic heterocycles. The van der Waals surface area contributed by atoms with Gasteiger partial charge in [0.1, 0.15) is 11.2 Å². The van der Waals surface area contributed by atoms with E-state index in [0.29, 0.717) is 5.69 Å². The van der Waals surface area contributed by atoms with E-state index in [1.54, 1.807) is 5.38 Å². The van der Waals surface area contributed by atoms with Crippen LogP contribution in [0.5, 0.6) is 0 Å². The van der Waals surface area contributed by atoms with Crippen LogP contribution < -0.4 is 0 Å². The van der Waals surface area contributed by atoms with Gasteiger partial charge in [0.2, 0.25) is 0 Å². The fraction of sp³-hybridized carbons (Fsp3) is 0.111. The molecule has 1 N–H and O–H groups in total. The highest BCUT2D eigenvalue weighted by Crippen LogP contribution is 2.17. The summed E-state index contributed by atoms with van der Waals surface area (Å²) in [6.45, 7) is 0. The number of carbonyl (C=O) groups is 2. The minimum atomic E-state index is -1.01. The third-order valence-corrected chi connectivity index (χ3v) is 2.83. The summed E-state index contributed by atoms with van der Waals surface area (Å²) < 4.78 is 5.77. The first-order valence-electron chi connectivity index (χ1n) is 4.44. The van der Waals surface area contributed by atoms with Gasteiger partial charge in [0, 0.05) is 5.38 Å². The molecular weight excluding hydrogens is 246 g/mol. The lowest BCUT2D eigenvalue weighted by molar-refractivity contribution is 0.0586. The molecule has 2 aromatic rings. The maximum atomic E-state index is 11.1. The normalized spacial score (nSPS) is 10.2. The van der Waals surface area contributed by atoms with Crippen molar-refractivity contribution >= 4 is 23.3 Å². The first kappa shape index (κ1) is 11.3. The maximum absolute atomic E-state index is 11.1. The van der Waals surface area contributed by atoms with E-state index in [2.05, 4.69) is 14.8 Å². The first-order valence-corrected chi connectivity index (χ1v) is 5.32. The molecule has 0 spiro atoms. The van der Waals surface area contributed by atoms with Crippen molar-refractivity contribution in [1.82, 2.24) is 14.8 Å². The molecule has 0 saturated heterocycles. The fourth-order valence-corrected chi connectivity index (χ4v) is 1.84. The van der Waals surface area contributed by atoms with Crippen molar-refractivity contribution < 1.29 is 19.4 Å². The molecule has 2 rings (SSSR count). The van der Waals surface area contributed by atoms with E-state index in [9.17, 15) is 9.59 Å². The summed E-state index contributed by atoms with van der Waals surface area (Å²) in [6.07, 6.45) is 1.32. The molecule has 8 heteroatoms. The summed E-state index contributed by atoms with van der Waals surface area (Å²) in [5.74, 6) is -1.72. The van der Waals surface area contributed by atoms with Gasteiger partial charge in [-0.15, -0.1) is 16.4 Å². The van der Waals surface area contributed by atoms with Crippen molar-refractivity contribution in [2.75, 3.05) is 7.11 Å². The van der Waals surface area contributed by atoms with Gasteiger partial charge in [-0.2, -0.15) is 0 Å². The number of carboxylic acids is 1. The van der Waals surface area contributed by atoms with E-state index in [0.717, 1.165) is 11.3 Å². The van der Waals surface area contributed by atoms with Gasteiger partial charge >= 0.3 is 11.9 Å². The number of esters is 1. The molecule has 0 aliphatic rings. The quantitative estimate of drug-likeness (QED) is 0.813. The van der Waals surface area contributed by atoms with Gasteiger partial charge in [-0.1, -0.05) is 0 Å². The molecule has 2 heterocycles. The molecule has 0 aliphatic carbocycles. The Morgan fingerprint density at radius 2 is 2.29 bits per heavy atom. The van der Waals surface area contributed by atoms with Crippen LogP contribution in [0.25, 0.3) is 5.69 Å². The second-order valence-electron chi connectivity index (χ2n) is 2.98. The van der Waals surface area contributed by atoms with Crippen molar-refractivity contribution in [2.45, 2.75) is 0 Å². The van der Waals surface area contributed by atoms with Crippen LogP contribution in [0.15, 0.2) is 17.8 Å². The Balaban J connectivity index is 2.30. The smallest absolute Gasteiger partial charge is 0.377 e. The lowest BCUT2D eigenvalue weighted by atomic mass is 10.4. The average Bonchev–Trinajstić information content (AvgIpc) is 2.95. The molecule has 0 aliphatic heterocycles. The van der Waals surface area contributed by atoms with Crippen LogP contribution in [0.2, 0.25) is 0 Å². The number of carbonyl (C=O) groups excluding carboxylic acids is 1. The zero-order valence-electron chi connectivity index (χ0n) is 8.65. The molecule has 0 radical (unpaired) electrons. The summed E-state index contributed by atoms with van der Waals surface area (Å²) in [7, 11) is 1.23. The van der Waals surface area contributed by atoms with E-state index in [1.807, 2.05) is 0 Å². The van der Waals surface area contributed by atoms with E-state index in [4.69, 9.17) is 5.11 Å². The number of methoxy groups -OCH3 is 1. The summed E-state index contributed by atoms with van der Waals surface area (Å²) in [5.41, 5.74) is 0.537. The van der Waals surface area contributed by atoms with Crippen LogP contribution in [0, 0.1) is 0 Å². The van der Waals surface area contributed by atoms with Gasteiger partial charge in [-0.25, -0.2) is 19.3 Å². The van der Waals surface area contributed by atoms with Crippen molar-refractivity contribution in [3.05, 3.63) is 28.5 Å². The van der Waals surface area contributed by atoms with Crippen LogP contribution >= 0.6 is 11.3 Å². The highest BCUT2D eigenvalue weighted by Gasteiger charge is 2.13. The number of aromatic nitrogens is 3. The largest absolute Gasteiger partial charge is 0.477 e. The Kier molecular flexibility index (Phi) is 2.88. The number of thiophene rings is 1. The summed E-state index contributed by atoms with van der Waals surface area (Å²) in [5, 5.41) is 14.2. The Hall–Kier alpha value is -2.22. The second kappa shape index (κ2) is 4.34. The molecule has 7 nitrogen and oxygen atoms in total. The fourth-order valence-electron chi connectivity index (χ4n) is 1.13.